The van der Waals surface area contributed by atoms with Crippen LogP contribution in [0.2, 0.25) is 10.0 Å². The Morgan fingerprint density at radius 3 is 2.35 bits per heavy atom. The van der Waals surface area contributed by atoms with Crippen LogP contribution in [0.3, 0.4) is 0 Å². The quantitative estimate of drug-likeness (QED) is 0.562. The van der Waals surface area contributed by atoms with Crippen molar-refractivity contribution >= 4 is 69.2 Å². The first-order chi connectivity index (χ1) is 14.9. The molecular formula is C22H19Cl2N3O3S. The fourth-order valence-electron chi connectivity index (χ4n) is 3.53. The maximum absolute atomic E-state index is 13.3. The molecule has 2 aliphatic heterocycles. The lowest BCUT2D eigenvalue weighted by Gasteiger charge is -2.23. The van der Waals surface area contributed by atoms with Gasteiger partial charge in [0.05, 0.1) is 21.4 Å². The molecule has 0 N–H and O–H groups in total. The highest BCUT2D eigenvalue weighted by Crippen LogP contribution is 2.33. The predicted molar refractivity (Wildman–Crippen MR) is 124 cm³/mol. The van der Waals surface area contributed by atoms with Gasteiger partial charge in [-0.05, 0) is 48.9 Å². The van der Waals surface area contributed by atoms with E-state index >= 15 is 0 Å². The summed E-state index contributed by atoms with van der Waals surface area (Å²) in [5.41, 5.74) is 1.56. The normalized spacial score (nSPS) is 20.2. The van der Waals surface area contributed by atoms with E-state index in [-0.39, 0.29) is 36.6 Å². The maximum atomic E-state index is 13.3. The second kappa shape index (κ2) is 9.02. The lowest BCUT2D eigenvalue weighted by molar-refractivity contribution is -0.121. The van der Waals surface area contributed by atoms with E-state index in [4.69, 9.17) is 23.2 Å². The molecule has 2 aromatic rings. The third-order valence-electron chi connectivity index (χ3n) is 5.22. The molecule has 0 spiro atoms. The number of halogens is 2. The van der Waals surface area contributed by atoms with Crippen LogP contribution in [0, 0.1) is 0 Å². The van der Waals surface area contributed by atoms with Crippen molar-refractivity contribution in [2.24, 2.45) is 4.99 Å². The lowest BCUT2D eigenvalue weighted by Crippen LogP contribution is -2.39. The number of aliphatic imine (C=N–C) groups is 1. The molecule has 3 amide bonds. The van der Waals surface area contributed by atoms with Gasteiger partial charge in [-0.1, -0.05) is 41.9 Å². The number of thioether (sulfide) groups is 1. The minimum Gasteiger partial charge on any atom is -0.283 e. The Morgan fingerprint density at radius 1 is 1.06 bits per heavy atom. The van der Waals surface area contributed by atoms with Crippen LogP contribution in [0.15, 0.2) is 47.5 Å². The molecule has 0 radical (unpaired) electrons. The molecule has 1 atom stereocenters. The number of benzene rings is 2. The van der Waals surface area contributed by atoms with Crippen molar-refractivity contribution in [3.05, 3.63) is 58.1 Å². The van der Waals surface area contributed by atoms with E-state index in [2.05, 4.69) is 4.99 Å². The fourth-order valence-corrected chi connectivity index (χ4v) is 5.09. The van der Waals surface area contributed by atoms with Gasteiger partial charge in [-0.25, -0.2) is 4.99 Å². The van der Waals surface area contributed by atoms with E-state index in [0.717, 1.165) is 12.2 Å². The second-order valence-electron chi connectivity index (χ2n) is 7.21. The summed E-state index contributed by atoms with van der Waals surface area (Å²) >= 11 is 13.6. The number of imide groups is 1. The Labute approximate surface area is 194 Å². The van der Waals surface area contributed by atoms with E-state index in [0.29, 0.717) is 32.2 Å². The van der Waals surface area contributed by atoms with Crippen LogP contribution in [-0.4, -0.2) is 39.6 Å². The summed E-state index contributed by atoms with van der Waals surface area (Å²) in [6.45, 7) is 2.03. The zero-order valence-electron chi connectivity index (χ0n) is 16.7. The highest BCUT2D eigenvalue weighted by molar-refractivity contribution is 8.14. The van der Waals surface area contributed by atoms with Gasteiger partial charge in [-0.2, -0.15) is 0 Å². The van der Waals surface area contributed by atoms with Crippen molar-refractivity contribution in [2.45, 2.75) is 32.2 Å². The molecule has 6 nitrogen and oxygen atoms in total. The van der Waals surface area contributed by atoms with Gasteiger partial charge < -0.3 is 0 Å². The lowest BCUT2D eigenvalue weighted by atomic mass is 10.1. The number of nitrogens with zero attached hydrogens (tertiary/aromatic N) is 3. The Kier molecular flexibility index (Phi) is 6.36. The molecule has 0 bridgehead atoms. The Hall–Kier alpha value is -2.35. The van der Waals surface area contributed by atoms with Crippen LogP contribution in [0.25, 0.3) is 0 Å². The first kappa shape index (κ1) is 21.9. The molecule has 160 valence electrons. The molecule has 2 aromatic carbocycles. The smallest absolute Gasteiger partial charge is 0.260 e. The number of rotatable bonds is 4. The molecule has 31 heavy (non-hydrogen) atoms. The van der Waals surface area contributed by atoms with Crippen molar-refractivity contribution in [2.75, 3.05) is 10.7 Å². The second-order valence-corrected chi connectivity index (χ2v) is 9.01. The monoisotopic (exact) mass is 475 g/mol. The largest absolute Gasteiger partial charge is 0.283 e. The zero-order valence-corrected chi connectivity index (χ0v) is 19.0. The third-order valence-corrected chi connectivity index (χ3v) is 7.05. The molecule has 9 heteroatoms. The number of hydrogen-bond donors (Lipinski definition) is 0. The summed E-state index contributed by atoms with van der Waals surface area (Å²) in [6, 6.07) is 11.7. The number of carbonyl (C=O) groups is 3. The summed E-state index contributed by atoms with van der Waals surface area (Å²) in [7, 11) is 0. The predicted octanol–water partition coefficient (Wildman–Crippen LogP) is 5.30. The average molecular weight is 476 g/mol. The highest BCUT2D eigenvalue weighted by atomic mass is 35.5. The molecule has 2 fully saturated rings. The van der Waals surface area contributed by atoms with Crippen LogP contribution >= 0.6 is 35.0 Å². The third kappa shape index (κ3) is 4.35. The summed E-state index contributed by atoms with van der Waals surface area (Å²) in [6.07, 6.45) is 1.22. The molecule has 2 heterocycles. The number of amides is 3. The van der Waals surface area contributed by atoms with E-state index in [1.54, 1.807) is 47.4 Å². The molecule has 2 aliphatic rings. The van der Waals surface area contributed by atoms with Gasteiger partial charge >= 0.3 is 0 Å². The van der Waals surface area contributed by atoms with E-state index < -0.39 is 0 Å². The van der Waals surface area contributed by atoms with Crippen molar-refractivity contribution in [1.82, 2.24) is 4.90 Å². The summed E-state index contributed by atoms with van der Waals surface area (Å²) in [5.74, 6) is 0.127. The highest BCUT2D eigenvalue weighted by Gasteiger charge is 2.35. The Balaban J connectivity index is 1.61. The van der Waals surface area contributed by atoms with Gasteiger partial charge in [-0.3, -0.25) is 24.2 Å². The van der Waals surface area contributed by atoms with Crippen molar-refractivity contribution in [1.29, 1.82) is 0 Å². The van der Waals surface area contributed by atoms with Crippen LogP contribution < -0.4 is 4.90 Å². The summed E-state index contributed by atoms with van der Waals surface area (Å²) in [5, 5.41) is 1.45. The van der Waals surface area contributed by atoms with Gasteiger partial charge in [0.2, 0.25) is 11.8 Å². The van der Waals surface area contributed by atoms with Crippen LogP contribution in [0.4, 0.5) is 11.4 Å². The van der Waals surface area contributed by atoms with Crippen molar-refractivity contribution in [3.8, 4) is 0 Å². The van der Waals surface area contributed by atoms with Crippen molar-refractivity contribution in [3.63, 3.8) is 0 Å². The number of hydrogen-bond acceptors (Lipinski definition) is 5. The molecule has 0 saturated carbocycles. The van der Waals surface area contributed by atoms with Gasteiger partial charge in [0.25, 0.3) is 5.91 Å². The standard InChI is InChI=1S/C22H19Cl2N3O3S/c1-2-15-12-31-22(25-14-5-8-17(23)18(24)11-14)27(15)21(30)13-3-6-16(7-4-13)26-19(28)9-10-20(26)29/h3-8,11,15H,2,9-10,12H2,1H3. The van der Waals surface area contributed by atoms with Gasteiger partial charge in [0.1, 0.15) is 0 Å². The molecule has 4 rings (SSSR count). The zero-order chi connectivity index (χ0) is 22.1. The van der Waals surface area contributed by atoms with E-state index in [9.17, 15) is 14.4 Å². The molecule has 0 aliphatic carbocycles. The SMILES string of the molecule is CCC1CSC(=Nc2ccc(Cl)c(Cl)c2)N1C(=O)c1ccc(N2C(=O)CCC2=O)cc1. The average Bonchev–Trinajstić information content (AvgIpc) is 3.32. The molecule has 0 aromatic heterocycles. The summed E-state index contributed by atoms with van der Waals surface area (Å²) in [4.78, 5) is 44.7. The van der Waals surface area contributed by atoms with Gasteiger partial charge in [-0.15, -0.1) is 0 Å². The van der Waals surface area contributed by atoms with Gasteiger partial charge in [0.15, 0.2) is 5.17 Å². The first-order valence-corrected chi connectivity index (χ1v) is 11.6. The van der Waals surface area contributed by atoms with Crippen molar-refractivity contribution < 1.29 is 14.4 Å². The Bertz CT molecular complexity index is 1070. The van der Waals surface area contributed by atoms with E-state index in [1.165, 1.54) is 16.7 Å². The Morgan fingerprint density at radius 2 is 1.74 bits per heavy atom. The summed E-state index contributed by atoms with van der Waals surface area (Å²) < 4.78 is 0. The van der Waals surface area contributed by atoms with E-state index in [1.807, 2.05) is 6.92 Å². The van der Waals surface area contributed by atoms with Crippen LogP contribution in [0.1, 0.15) is 36.5 Å². The number of anilines is 1. The molecular weight excluding hydrogens is 457 g/mol. The minimum absolute atomic E-state index is 0.0143. The number of carbonyl (C=O) groups excluding carboxylic acids is 3. The van der Waals surface area contributed by atoms with Crippen LogP contribution in [0.5, 0.6) is 0 Å². The number of amidine groups is 1. The fraction of sp³-hybridized carbons (Fsp3) is 0.273. The van der Waals surface area contributed by atoms with Crippen LogP contribution in [-0.2, 0) is 9.59 Å². The molecule has 1 unspecified atom stereocenters. The molecule has 2 saturated heterocycles. The topological polar surface area (TPSA) is 70.1 Å². The first-order valence-electron chi connectivity index (χ1n) is 9.85. The minimum atomic E-state index is -0.220. The van der Waals surface area contributed by atoms with Gasteiger partial charge in [0, 0.05) is 30.2 Å². The maximum Gasteiger partial charge on any atom is 0.260 e.